The molecular weight excluding hydrogens is 392 g/mol. The number of nitrogens with one attached hydrogen (secondary N) is 1. The van der Waals surface area contributed by atoms with E-state index in [4.69, 9.17) is 16.3 Å². The lowest BCUT2D eigenvalue weighted by atomic mass is 10.2. The topological polar surface area (TPSA) is 51.2 Å². The quantitative estimate of drug-likeness (QED) is 0.444. The molecule has 4 nitrogen and oxygen atoms in total. The van der Waals surface area contributed by atoms with Crippen molar-refractivity contribution in [3.05, 3.63) is 77.3 Å². The predicted molar refractivity (Wildman–Crippen MR) is 115 cm³/mol. The number of thiazole rings is 1. The van der Waals surface area contributed by atoms with Gasteiger partial charge >= 0.3 is 0 Å². The molecule has 0 saturated carbocycles. The van der Waals surface area contributed by atoms with Crippen molar-refractivity contribution >= 4 is 44.7 Å². The van der Waals surface area contributed by atoms with E-state index in [9.17, 15) is 4.79 Å². The highest BCUT2D eigenvalue weighted by atomic mass is 35.5. The molecule has 0 spiro atoms. The summed E-state index contributed by atoms with van der Waals surface area (Å²) in [4.78, 5) is 17.1. The van der Waals surface area contributed by atoms with Crippen LogP contribution in [0.5, 0.6) is 5.75 Å². The molecule has 1 amide bonds. The zero-order valence-electron chi connectivity index (χ0n) is 15.1. The first kappa shape index (κ1) is 18.5. The average Bonchev–Trinajstić information content (AvgIpc) is 3.12. The van der Waals surface area contributed by atoms with E-state index in [1.54, 1.807) is 29.5 Å². The van der Waals surface area contributed by atoms with Crippen molar-refractivity contribution in [3.63, 3.8) is 0 Å². The smallest absolute Gasteiger partial charge is 0.262 e. The summed E-state index contributed by atoms with van der Waals surface area (Å²) in [5.41, 5.74) is 3.43. The van der Waals surface area contributed by atoms with E-state index in [2.05, 4.69) is 10.3 Å². The van der Waals surface area contributed by atoms with E-state index in [0.717, 1.165) is 26.4 Å². The molecule has 0 bridgehead atoms. The number of para-hydroxylation sites is 2. The van der Waals surface area contributed by atoms with Crippen LogP contribution in [0.4, 0.5) is 5.69 Å². The van der Waals surface area contributed by atoms with Crippen molar-refractivity contribution in [1.29, 1.82) is 0 Å². The third-order valence-corrected chi connectivity index (χ3v) is 5.53. The first-order valence-corrected chi connectivity index (χ1v) is 9.93. The van der Waals surface area contributed by atoms with Gasteiger partial charge in [-0.05, 0) is 55.0 Å². The summed E-state index contributed by atoms with van der Waals surface area (Å²) in [6.45, 7) is 1.80. The number of hydrogen-bond acceptors (Lipinski definition) is 4. The molecule has 0 aliphatic carbocycles. The van der Waals surface area contributed by atoms with Crippen LogP contribution < -0.4 is 10.1 Å². The highest BCUT2D eigenvalue weighted by molar-refractivity contribution is 7.21. The number of hydrogen-bond donors (Lipinski definition) is 1. The summed E-state index contributed by atoms with van der Waals surface area (Å²) in [7, 11) is 0. The van der Waals surface area contributed by atoms with Crippen LogP contribution in [0.3, 0.4) is 0 Å². The minimum Gasteiger partial charge on any atom is -0.483 e. The number of anilines is 1. The summed E-state index contributed by atoms with van der Waals surface area (Å²) in [6.07, 6.45) is 0. The number of carbonyl (C=O) groups excluding carboxylic acids is 1. The summed E-state index contributed by atoms with van der Waals surface area (Å²) in [5, 5.41) is 4.44. The number of fused-ring (bicyclic) bond motifs is 1. The van der Waals surface area contributed by atoms with Crippen molar-refractivity contribution in [3.8, 4) is 16.3 Å². The molecule has 28 heavy (non-hydrogen) atoms. The number of rotatable bonds is 5. The maximum atomic E-state index is 12.4. The third kappa shape index (κ3) is 4.01. The number of ether oxygens (including phenoxy) is 1. The minimum atomic E-state index is -0.233. The molecule has 1 heterocycles. The summed E-state index contributed by atoms with van der Waals surface area (Å²) in [6, 6.07) is 20.9. The zero-order valence-corrected chi connectivity index (χ0v) is 16.7. The van der Waals surface area contributed by atoms with Crippen molar-refractivity contribution in [2.45, 2.75) is 6.92 Å². The molecule has 0 saturated heterocycles. The molecule has 1 N–H and O–H groups in total. The van der Waals surface area contributed by atoms with Gasteiger partial charge in [-0.3, -0.25) is 4.79 Å². The molecule has 4 rings (SSSR count). The minimum absolute atomic E-state index is 0.0867. The van der Waals surface area contributed by atoms with Crippen molar-refractivity contribution < 1.29 is 9.53 Å². The summed E-state index contributed by atoms with van der Waals surface area (Å²) < 4.78 is 6.75. The first-order valence-electron chi connectivity index (χ1n) is 8.74. The van der Waals surface area contributed by atoms with Crippen LogP contribution in [-0.2, 0) is 4.79 Å². The van der Waals surface area contributed by atoms with Gasteiger partial charge in [-0.25, -0.2) is 4.98 Å². The van der Waals surface area contributed by atoms with Gasteiger partial charge in [0.1, 0.15) is 10.8 Å². The number of nitrogens with zero attached hydrogens (tertiary/aromatic N) is 1. The Labute approximate surface area is 171 Å². The van der Waals surface area contributed by atoms with E-state index in [-0.39, 0.29) is 12.5 Å². The average molecular weight is 409 g/mol. The van der Waals surface area contributed by atoms with Crippen LogP contribution in [0, 0.1) is 6.92 Å². The van der Waals surface area contributed by atoms with E-state index >= 15 is 0 Å². The number of carbonyl (C=O) groups is 1. The van der Waals surface area contributed by atoms with Crippen molar-refractivity contribution in [2.24, 2.45) is 0 Å². The van der Waals surface area contributed by atoms with Gasteiger partial charge in [0.2, 0.25) is 0 Å². The lowest BCUT2D eigenvalue weighted by Crippen LogP contribution is -2.20. The van der Waals surface area contributed by atoms with E-state index in [1.165, 1.54) is 0 Å². The Morgan fingerprint density at radius 2 is 1.89 bits per heavy atom. The van der Waals surface area contributed by atoms with Crippen molar-refractivity contribution in [2.75, 3.05) is 11.9 Å². The Hall–Kier alpha value is -2.89. The highest BCUT2D eigenvalue weighted by Crippen LogP contribution is 2.34. The van der Waals surface area contributed by atoms with Crippen LogP contribution in [0.2, 0.25) is 5.02 Å². The third-order valence-electron chi connectivity index (χ3n) is 4.22. The molecule has 4 aromatic rings. The van der Waals surface area contributed by atoms with Crippen LogP contribution in [0.25, 0.3) is 20.8 Å². The maximum absolute atomic E-state index is 12.4. The largest absolute Gasteiger partial charge is 0.483 e. The monoisotopic (exact) mass is 408 g/mol. The van der Waals surface area contributed by atoms with Crippen LogP contribution in [0.1, 0.15) is 5.56 Å². The van der Waals surface area contributed by atoms with Gasteiger partial charge in [0.05, 0.1) is 15.9 Å². The standard InChI is InChI=1S/C22H17ClN2O2S/c1-14-12-15(23)10-11-19(14)27-13-21(26)24-17-7-3-2-6-16(17)22-25-18-8-4-5-9-20(18)28-22/h2-12H,13H2,1H3,(H,24,26). The van der Waals surface area contributed by atoms with Gasteiger partial charge in [-0.15, -0.1) is 11.3 Å². The summed E-state index contributed by atoms with van der Waals surface area (Å²) >= 11 is 7.55. The normalized spacial score (nSPS) is 10.8. The van der Waals surface area contributed by atoms with Gasteiger partial charge < -0.3 is 10.1 Å². The molecule has 3 aromatic carbocycles. The van der Waals surface area contributed by atoms with Crippen LogP contribution >= 0.6 is 22.9 Å². The Balaban J connectivity index is 1.51. The summed E-state index contributed by atoms with van der Waals surface area (Å²) in [5.74, 6) is 0.405. The molecular formula is C22H17ClN2O2S. The number of benzene rings is 3. The molecule has 0 aliphatic rings. The van der Waals surface area contributed by atoms with Gasteiger partial charge in [0.25, 0.3) is 5.91 Å². The van der Waals surface area contributed by atoms with Crippen LogP contribution in [-0.4, -0.2) is 17.5 Å². The van der Waals surface area contributed by atoms with E-state index in [0.29, 0.717) is 16.5 Å². The molecule has 0 atom stereocenters. The zero-order chi connectivity index (χ0) is 19.5. The SMILES string of the molecule is Cc1cc(Cl)ccc1OCC(=O)Nc1ccccc1-c1nc2ccccc2s1. The molecule has 0 radical (unpaired) electrons. The fourth-order valence-electron chi connectivity index (χ4n) is 2.87. The van der Waals surface area contributed by atoms with Gasteiger partial charge in [-0.2, -0.15) is 0 Å². The van der Waals surface area contributed by atoms with E-state index < -0.39 is 0 Å². The molecule has 0 unspecified atom stereocenters. The van der Waals surface area contributed by atoms with E-state index in [1.807, 2.05) is 55.5 Å². The predicted octanol–water partition coefficient (Wildman–Crippen LogP) is 5.94. The second-order valence-electron chi connectivity index (χ2n) is 6.28. The molecule has 1 aromatic heterocycles. The maximum Gasteiger partial charge on any atom is 0.262 e. The van der Waals surface area contributed by atoms with Gasteiger partial charge in [0, 0.05) is 10.6 Å². The molecule has 0 aliphatic heterocycles. The van der Waals surface area contributed by atoms with Crippen LogP contribution in [0.15, 0.2) is 66.7 Å². The number of aromatic nitrogens is 1. The Morgan fingerprint density at radius 3 is 2.71 bits per heavy atom. The number of amides is 1. The lowest BCUT2D eigenvalue weighted by Gasteiger charge is -2.11. The van der Waals surface area contributed by atoms with Gasteiger partial charge in [0.15, 0.2) is 6.61 Å². The number of halogens is 1. The Kier molecular flexibility index (Phi) is 5.28. The number of aryl methyl sites for hydroxylation is 1. The fourth-order valence-corrected chi connectivity index (χ4v) is 4.10. The fraction of sp³-hybridized carbons (Fsp3) is 0.0909. The second-order valence-corrected chi connectivity index (χ2v) is 7.75. The molecule has 0 fully saturated rings. The highest BCUT2D eigenvalue weighted by Gasteiger charge is 2.13. The lowest BCUT2D eigenvalue weighted by molar-refractivity contribution is -0.118. The molecule has 140 valence electrons. The van der Waals surface area contributed by atoms with Crippen molar-refractivity contribution in [1.82, 2.24) is 4.98 Å². The van der Waals surface area contributed by atoms with Gasteiger partial charge in [-0.1, -0.05) is 35.9 Å². The second kappa shape index (κ2) is 8.00. The Bertz CT molecular complexity index is 1120. The molecule has 6 heteroatoms. The Morgan fingerprint density at radius 1 is 1.11 bits per heavy atom. The first-order chi connectivity index (χ1) is 13.6.